The molecule has 0 amide bonds. The Balaban J connectivity index is -0.0000000429. The molecule has 48 heteroatoms. The predicted octanol–water partition coefficient (Wildman–Crippen LogP) is 1.25. The zero-order valence-electron chi connectivity index (χ0n) is 42.9. The summed E-state index contributed by atoms with van der Waals surface area (Å²) in [5.74, 6) is -2.33. The molecule has 4 unspecified atom stereocenters. The van der Waals surface area contributed by atoms with Crippen molar-refractivity contribution >= 4 is 245 Å². The van der Waals surface area contributed by atoms with Crippen LogP contribution in [-0.4, -0.2) is 355 Å². The number of hydrogen-bond donors (Lipinski definition) is 7. The number of rotatable bonds is 23. The normalized spacial score (nSPS) is 14.8. The molecule has 4 atom stereocenters. The zero-order valence-corrected chi connectivity index (χ0v) is 71.5. The quantitative estimate of drug-likeness (QED) is 0.0430. The molecule has 1 aliphatic rings. The summed E-state index contributed by atoms with van der Waals surface area (Å²) in [6.07, 6.45) is -0.629. The Morgan fingerprint density at radius 1 is 0.662 bits per heavy atom. The molecule has 1 rings (SSSR count). The topological polar surface area (TPSA) is 569 Å². The fourth-order valence-corrected chi connectivity index (χ4v) is 18.4. The molecule has 80 heavy (non-hydrogen) atoms. The summed E-state index contributed by atoms with van der Waals surface area (Å²) in [7, 11) is 0. The molecule has 482 valence electrons. The smallest absolute Gasteiger partial charge is 0 e. The van der Waals surface area contributed by atoms with Gasteiger partial charge in [0.25, 0.3) is 0 Å². The van der Waals surface area contributed by atoms with E-state index in [0.717, 1.165) is 6.92 Å². The van der Waals surface area contributed by atoms with E-state index in [-0.39, 0.29) is 187 Å². The van der Waals surface area contributed by atoms with Crippen LogP contribution in [0.15, 0.2) is 0 Å². The molecule has 0 saturated carbocycles. The van der Waals surface area contributed by atoms with Crippen LogP contribution < -0.4 is 0 Å². The first-order valence-electron chi connectivity index (χ1n) is 19.2. The van der Waals surface area contributed by atoms with Gasteiger partial charge in [-0.2, -0.15) is 0 Å². The number of carbonyl (C=O) groups is 5. The molecule has 38 nitrogen and oxygen atoms in total. The summed E-state index contributed by atoms with van der Waals surface area (Å²) in [5.41, 5.74) is 0. The summed E-state index contributed by atoms with van der Waals surface area (Å²) >= 11 is -21.1. The van der Waals surface area contributed by atoms with Crippen LogP contribution in [-0.2, 0) is 99.5 Å². The van der Waals surface area contributed by atoms with Gasteiger partial charge in [-0.15, -0.1) is 0 Å². The Labute approximate surface area is 581 Å². The average molecular weight is 2260 g/mol. The molecule has 1 saturated heterocycles. The van der Waals surface area contributed by atoms with Crippen molar-refractivity contribution in [2.45, 2.75) is 138 Å². The molecule has 1 heterocycles. The van der Waals surface area contributed by atoms with Crippen LogP contribution in [0.4, 0.5) is 9.59 Å². The van der Waals surface area contributed by atoms with Gasteiger partial charge < -0.3 is 21.9 Å². The van der Waals surface area contributed by atoms with Crippen molar-refractivity contribution in [3.05, 3.63) is 0 Å². The van der Waals surface area contributed by atoms with Crippen LogP contribution in [0.25, 0.3) is 0 Å². The first kappa shape index (κ1) is 133. The van der Waals surface area contributed by atoms with E-state index in [1.54, 1.807) is 27.7 Å². The molecule has 1 aliphatic heterocycles. The maximum atomic E-state index is 12.4. The Hall–Kier alpha value is 3.90. The van der Waals surface area contributed by atoms with Gasteiger partial charge >= 0.3 is 415 Å². The van der Waals surface area contributed by atoms with Gasteiger partial charge in [0.15, 0.2) is 0 Å². The van der Waals surface area contributed by atoms with E-state index >= 15 is 0 Å². The van der Waals surface area contributed by atoms with Crippen molar-refractivity contribution in [1.82, 2.24) is 0 Å². The van der Waals surface area contributed by atoms with Crippen molar-refractivity contribution in [2.24, 2.45) is 0 Å². The standard InChI is InChI=1S/C3H7O4.C3H6O4.4C2H6O2.2C2H5O2.2C2H4O2.2C2H6.2CHO2.4CH4.2H2O2.4H2O.2O.10Sn/c4-6-2-1-3-7-5;4-3(5)1-2-7-6;6*1-2-4-3;2*1-2(3)4;2*1-2;2*2-1-3;;;;;2*1-2;;;;;;;;;;;;;;;;/h2,4-5H,1,3H2;6H,1-2H2,(H,4,5);4*3H,2H2,1H3;2*2-3H,1H3;2*1H3,(H,3,4);2*1-2H3;2*(H,2,3);4*1H4;2*1-2H;4*1H2;;;;;;;;;;;;/q;;;;;;;;;;;;;;;;;;;;;;;;;;;;;;;2*+1;3*+3/p-13. The first-order valence-corrected chi connectivity index (χ1v) is 42.1. The summed E-state index contributed by atoms with van der Waals surface area (Å²) < 4.78 is 64.7. The minimum Gasteiger partial charge on any atom is 0 e. The molecule has 0 aromatic rings. The van der Waals surface area contributed by atoms with E-state index in [1.165, 1.54) is 20.8 Å². The summed E-state index contributed by atoms with van der Waals surface area (Å²) in [6.45, 7) is 19.3. The fraction of sp³-hybridized carbons (Fsp3) is 0.844. The molecule has 20 radical (unpaired) electrons. The Morgan fingerprint density at radius 3 is 1.29 bits per heavy atom. The van der Waals surface area contributed by atoms with Gasteiger partial charge in [-0.3, -0.25) is 0 Å². The second kappa shape index (κ2) is 94.0. The molecule has 1 fully saturated rings. The molecule has 0 aromatic carbocycles. The van der Waals surface area contributed by atoms with Crippen LogP contribution >= 0.6 is 0 Å². The van der Waals surface area contributed by atoms with Gasteiger partial charge in [-0.25, -0.2) is 0 Å². The minimum atomic E-state index is -5.27. The maximum Gasteiger partial charge on any atom is 0 e. The predicted molar refractivity (Wildman–Crippen MR) is 281 cm³/mol. The summed E-state index contributed by atoms with van der Waals surface area (Å²) in [6, 6.07) is 0. The van der Waals surface area contributed by atoms with Crippen molar-refractivity contribution in [1.29, 1.82) is 0 Å². The van der Waals surface area contributed by atoms with Crippen LogP contribution in [0.2, 0.25) is 0 Å². The first-order chi connectivity index (χ1) is 32.3. The fourth-order valence-electron chi connectivity index (χ4n) is 2.97. The maximum absolute atomic E-state index is 12.4. The number of hydrogen-bond acceptors (Lipinski definition) is 34. The Morgan fingerprint density at radius 2 is 1.02 bits per heavy atom. The third-order valence-electron chi connectivity index (χ3n) is 5.32. The van der Waals surface area contributed by atoms with Crippen LogP contribution in [0, 0.1) is 0 Å². The van der Waals surface area contributed by atoms with E-state index in [9.17, 15) is 29.2 Å². The van der Waals surface area contributed by atoms with E-state index in [0.29, 0.717) is 0 Å². The van der Waals surface area contributed by atoms with Crippen LogP contribution in [0.5, 0.6) is 0 Å². The zero-order chi connectivity index (χ0) is 54.0. The third-order valence-corrected chi connectivity index (χ3v) is 27.4. The van der Waals surface area contributed by atoms with Gasteiger partial charge in [0, 0.05) is 95.6 Å². The molecule has 0 aromatic heterocycles. The molecule has 0 spiro atoms. The largest absolute Gasteiger partial charge is 0 e. The van der Waals surface area contributed by atoms with E-state index in [4.69, 9.17) is 95.3 Å². The number of carbonyl (C=O) groups excluding carboxylic acids is 3. The Bertz CT molecular complexity index is 1250. The molecular weight excluding hydrogens is 2180 g/mol. The van der Waals surface area contributed by atoms with Gasteiger partial charge in [0.2, 0.25) is 0 Å². The molecular formula is C32H84O38Sn10-2. The van der Waals surface area contributed by atoms with Gasteiger partial charge in [-0.05, 0) is 0 Å². The second-order valence-electron chi connectivity index (χ2n) is 9.95. The molecule has 0 bridgehead atoms. The van der Waals surface area contributed by atoms with Crippen molar-refractivity contribution in [3.8, 4) is 0 Å². The number of carboxylic acid groups (broad SMARTS) is 2. The van der Waals surface area contributed by atoms with E-state index < -0.39 is 174 Å². The Kier molecular flexibility index (Phi) is 156. The second-order valence-corrected chi connectivity index (χ2v) is 36.5. The summed E-state index contributed by atoms with van der Waals surface area (Å²) in [4.78, 5) is 96.1. The monoisotopic (exact) mass is 2280 g/mol. The van der Waals surface area contributed by atoms with E-state index in [1.807, 2.05) is 27.7 Å². The van der Waals surface area contributed by atoms with Crippen LogP contribution in [0.1, 0.15) is 126 Å². The molecule has 13 N–H and O–H groups in total. The van der Waals surface area contributed by atoms with Gasteiger partial charge in [-0.1, -0.05) is 57.4 Å². The minimum absolute atomic E-state index is 0. The van der Waals surface area contributed by atoms with Crippen molar-refractivity contribution < 1.29 is 168 Å². The SMILES string of the molecule is C.C.C.C.CC.CC.CCO[O][Sn]([O]OCC)([O]C(C)=O)[CH](C)OO.CCO[O][Sn]1([O]OCC)[O]C(=O)CCO[O][Sn]([O]C(C)=O)([CH](C)OO)[O]OCC[CH]1OO.O.O.O=[C](O)[Sn][C](=O)O.[OH-].[OH-].[O]=[Sn][O]O.[O]=[Sn][O]O.[Sn].[Sn].[Sn].[Sn]. The average Bonchev–Trinajstić information content (AvgIpc) is 3.33. The van der Waals surface area contributed by atoms with E-state index in [2.05, 4.69) is 21.1 Å². The third kappa shape index (κ3) is 74.4. The van der Waals surface area contributed by atoms with Gasteiger partial charge in [0.05, 0.1) is 0 Å². The van der Waals surface area contributed by atoms with Crippen molar-refractivity contribution in [3.63, 3.8) is 0 Å². The van der Waals surface area contributed by atoms with Crippen molar-refractivity contribution in [2.75, 3.05) is 39.6 Å². The van der Waals surface area contributed by atoms with Crippen LogP contribution in [0.3, 0.4) is 0 Å². The van der Waals surface area contributed by atoms with Gasteiger partial charge in [0.1, 0.15) is 0 Å². The molecule has 0 aliphatic carbocycles. The summed E-state index contributed by atoms with van der Waals surface area (Å²) in [5, 5.41) is 57.0.